The van der Waals surface area contributed by atoms with Gasteiger partial charge in [-0.3, -0.25) is 9.69 Å². The third-order valence-electron chi connectivity index (χ3n) is 6.04. The summed E-state index contributed by atoms with van der Waals surface area (Å²) in [7, 11) is 0. The largest absolute Gasteiger partial charge is 0.493 e. The molecule has 7 heteroatoms. The van der Waals surface area contributed by atoms with Gasteiger partial charge in [0.05, 0.1) is 13.2 Å². The molecule has 0 unspecified atom stereocenters. The molecule has 1 amide bonds. The molecule has 0 saturated carbocycles. The number of benzene rings is 1. The summed E-state index contributed by atoms with van der Waals surface area (Å²) in [4.78, 5) is 27.7. The number of para-hydroxylation sites is 1. The van der Waals surface area contributed by atoms with Crippen LogP contribution in [0, 0.1) is 5.41 Å². The Balaban J connectivity index is 1.11. The molecule has 3 aliphatic rings. The van der Waals surface area contributed by atoms with E-state index in [1.54, 1.807) is 12.4 Å². The molecule has 1 spiro atoms. The predicted octanol–water partition coefficient (Wildman–Crippen LogP) is 1.06. The van der Waals surface area contributed by atoms with Crippen LogP contribution in [0.3, 0.4) is 0 Å². The van der Waals surface area contributed by atoms with E-state index in [-0.39, 0.29) is 11.3 Å². The first kappa shape index (κ1) is 17.4. The molecule has 0 N–H and O–H groups in total. The number of nitrogens with zero attached hydrogens (tertiary/aromatic N) is 5. The van der Waals surface area contributed by atoms with E-state index in [0.717, 1.165) is 57.4 Å². The molecular formula is C21H25N5O2. The summed E-state index contributed by atoms with van der Waals surface area (Å²) >= 11 is 0. The van der Waals surface area contributed by atoms with E-state index in [4.69, 9.17) is 4.74 Å². The zero-order chi connectivity index (χ0) is 19.0. The highest BCUT2D eigenvalue weighted by Gasteiger charge is 2.48. The third-order valence-corrected chi connectivity index (χ3v) is 6.04. The smallest absolute Gasteiger partial charge is 0.236 e. The van der Waals surface area contributed by atoms with Gasteiger partial charge in [0, 0.05) is 57.1 Å². The number of amides is 1. The number of aromatic nitrogens is 2. The van der Waals surface area contributed by atoms with E-state index in [1.165, 1.54) is 5.56 Å². The Bertz CT molecular complexity index is 845. The van der Waals surface area contributed by atoms with Gasteiger partial charge in [0.1, 0.15) is 5.75 Å². The summed E-state index contributed by atoms with van der Waals surface area (Å²) < 4.78 is 5.95. The Hall–Kier alpha value is -2.67. The lowest BCUT2D eigenvalue weighted by molar-refractivity contribution is -0.147. The van der Waals surface area contributed by atoms with Gasteiger partial charge >= 0.3 is 0 Å². The Morgan fingerprint density at radius 1 is 1.04 bits per heavy atom. The maximum Gasteiger partial charge on any atom is 0.236 e. The lowest BCUT2D eigenvalue weighted by atomic mass is 9.74. The molecule has 5 rings (SSSR count). The molecule has 1 aromatic heterocycles. The zero-order valence-corrected chi connectivity index (χ0v) is 16.0. The fraction of sp³-hybridized carbons (Fsp3) is 0.476. The lowest BCUT2D eigenvalue weighted by Crippen LogP contribution is -2.64. The number of hydrogen-bond acceptors (Lipinski definition) is 6. The molecule has 146 valence electrons. The number of anilines is 1. The molecule has 3 aliphatic heterocycles. The molecule has 1 aromatic carbocycles. The Morgan fingerprint density at radius 3 is 2.57 bits per heavy atom. The summed E-state index contributed by atoms with van der Waals surface area (Å²) in [5.41, 5.74) is 1.37. The normalized spacial score (nSPS) is 21.0. The zero-order valence-electron chi connectivity index (χ0n) is 16.0. The number of likely N-dealkylation sites (tertiary alicyclic amines) is 1. The van der Waals surface area contributed by atoms with Crippen LogP contribution < -0.4 is 9.64 Å². The first-order valence-electron chi connectivity index (χ1n) is 9.94. The van der Waals surface area contributed by atoms with Gasteiger partial charge in [-0.2, -0.15) is 0 Å². The molecule has 4 heterocycles. The predicted molar refractivity (Wildman–Crippen MR) is 105 cm³/mol. The average Bonchev–Trinajstić information content (AvgIpc) is 2.73. The maximum absolute atomic E-state index is 12.7. The van der Waals surface area contributed by atoms with Crippen molar-refractivity contribution in [2.24, 2.45) is 5.41 Å². The van der Waals surface area contributed by atoms with Crippen LogP contribution in [-0.2, 0) is 11.2 Å². The van der Waals surface area contributed by atoms with E-state index >= 15 is 0 Å². The van der Waals surface area contributed by atoms with Crippen molar-refractivity contribution in [1.29, 1.82) is 0 Å². The minimum atomic E-state index is 0.105. The number of fused-ring (bicyclic) bond motifs is 1. The highest BCUT2D eigenvalue weighted by Crippen LogP contribution is 2.40. The molecule has 0 atom stereocenters. The fourth-order valence-corrected chi connectivity index (χ4v) is 4.47. The van der Waals surface area contributed by atoms with Gasteiger partial charge in [-0.05, 0) is 24.1 Å². The number of carbonyl (C=O) groups excluding carboxylic acids is 1. The lowest BCUT2D eigenvalue weighted by Gasteiger charge is -2.52. The monoisotopic (exact) mass is 379 g/mol. The standard InChI is InChI=1S/C21H25N5O2/c27-19(13-24-8-10-25(11-9-24)20-22-6-3-7-23-20)26-14-21(15-26)12-17-4-1-2-5-18(17)28-16-21/h1-7H,8-16H2. The summed E-state index contributed by atoms with van der Waals surface area (Å²) in [6.45, 7) is 6.24. The Morgan fingerprint density at radius 2 is 1.79 bits per heavy atom. The van der Waals surface area contributed by atoms with Crippen molar-refractivity contribution in [3.8, 4) is 5.75 Å². The topological polar surface area (TPSA) is 61.8 Å². The van der Waals surface area contributed by atoms with Gasteiger partial charge < -0.3 is 14.5 Å². The summed E-state index contributed by atoms with van der Waals surface area (Å²) in [6.07, 6.45) is 4.54. The number of carbonyl (C=O) groups is 1. The molecule has 2 aromatic rings. The van der Waals surface area contributed by atoms with Crippen LogP contribution >= 0.6 is 0 Å². The minimum Gasteiger partial charge on any atom is -0.493 e. The molecule has 0 radical (unpaired) electrons. The van der Waals surface area contributed by atoms with Crippen molar-refractivity contribution in [3.05, 3.63) is 48.3 Å². The van der Waals surface area contributed by atoms with Crippen molar-refractivity contribution in [2.45, 2.75) is 6.42 Å². The number of hydrogen-bond donors (Lipinski definition) is 0. The number of ether oxygens (including phenoxy) is 1. The van der Waals surface area contributed by atoms with E-state index in [0.29, 0.717) is 13.2 Å². The van der Waals surface area contributed by atoms with Gasteiger partial charge in [0.2, 0.25) is 11.9 Å². The fourth-order valence-electron chi connectivity index (χ4n) is 4.47. The van der Waals surface area contributed by atoms with E-state index in [2.05, 4.69) is 31.9 Å². The van der Waals surface area contributed by atoms with Crippen LogP contribution in [0.4, 0.5) is 5.95 Å². The first-order valence-corrected chi connectivity index (χ1v) is 9.94. The van der Waals surface area contributed by atoms with Crippen LogP contribution in [0.5, 0.6) is 5.75 Å². The molecule has 7 nitrogen and oxygen atoms in total. The van der Waals surface area contributed by atoms with Gasteiger partial charge in [0.25, 0.3) is 0 Å². The third kappa shape index (κ3) is 3.30. The second kappa shape index (κ2) is 7.05. The summed E-state index contributed by atoms with van der Waals surface area (Å²) in [6, 6.07) is 10.1. The molecule has 0 aliphatic carbocycles. The van der Waals surface area contributed by atoms with Crippen LogP contribution in [0.25, 0.3) is 0 Å². The summed E-state index contributed by atoms with van der Waals surface area (Å²) in [5.74, 6) is 2.00. The highest BCUT2D eigenvalue weighted by atomic mass is 16.5. The van der Waals surface area contributed by atoms with Crippen molar-refractivity contribution in [3.63, 3.8) is 0 Å². The van der Waals surface area contributed by atoms with Crippen molar-refractivity contribution in [2.75, 3.05) is 57.3 Å². The van der Waals surface area contributed by atoms with Gasteiger partial charge in [0.15, 0.2) is 0 Å². The number of piperazine rings is 1. The van der Waals surface area contributed by atoms with E-state index < -0.39 is 0 Å². The van der Waals surface area contributed by atoms with Crippen LogP contribution in [0.15, 0.2) is 42.7 Å². The van der Waals surface area contributed by atoms with Crippen LogP contribution in [0.2, 0.25) is 0 Å². The average molecular weight is 379 g/mol. The molecule has 28 heavy (non-hydrogen) atoms. The van der Waals surface area contributed by atoms with Crippen molar-refractivity contribution in [1.82, 2.24) is 19.8 Å². The highest BCUT2D eigenvalue weighted by molar-refractivity contribution is 5.79. The van der Waals surface area contributed by atoms with Crippen molar-refractivity contribution >= 4 is 11.9 Å². The Kier molecular flexibility index (Phi) is 4.39. The molecule has 2 fully saturated rings. The number of rotatable bonds is 3. The van der Waals surface area contributed by atoms with E-state index in [1.807, 2.05) is 23.1 Å². The minimum absolute atomic E-state index is 0.105. The van der Waals surface area contributed by atoms with Gasteiger partial charge in [-0.25, -0.2) is 9.97 Å². The second-order valence-electron chi connectivity index (χ2n) is 8.13. The van der Waals surface area contributed by atoms with E-state index in [9.17, 15) is 4.79 Å². The first-order chi connectivity index (χ1) is 13.7. The quantitative estimate of drug-likeness (QED) is 0.795. The summed E-state index contributed by atoms with van der Waals surface area (Å²) in [5, 5.41) is 0. The second-order valence-corrected chi connectivity index (χ2v) is 8.13. The molecule has 2 saturated heterocycles. The molecule has 0 bridgehead atoms. The van der Waals surface area contributed by atoms with Crippen molar-refractivity contribution < 1.29 is 9.53 Å². The Labute approximate surface area is 164 Å². The van der Waals surface area contributed by atoms with Crippen LogP contribution in [0.1, 0.15) is 5.56 Å². The SMILES string of the molecule is O=C(CN1CCN(c2ncccn2)CC1)N1CC2(COc3ccccc3C2)C1. The van der Waals surface area contributed by atoms with Gasteiger partial charge in [-0.1, -0.05) is 18.2 Å². The van der Waals surface area contributed by atoms with Crippen LogP contribution in [-0.4, -0.2) is 78.1 Å². The van der Waals surface area contributed by atoms with Gasteiger partial charge in [-0.15, -0.1) is 0 Å². The molecular weight excluding hydrogens is 354 g/mol. The maximum atomic E-state index is 12.7.